The Morgan fingerprint density at radius 2 is 2.06 bits per heavy atom. The van der Waals surface area contributed by atoms with E-state index in [1.807, 2.05) is 54.7 Å². The molecule has 1 aliphatic heterocycles. The van der Waals surface area contributed by atoms with Crippen LogP contribution in [-0.2, 0) is 11.2 Å². The third-order valence-electron chi connectivity index (χ3n) is 6.51. The number of rotatable bonds is 5. The number of benzene rings is 2. The molecule has 2 aliphatic rings. The van der Waals surface area contributed by atoms with Crippen molar-refractivity contribution in [1.29, 1.82) is 0 Å². The summed E-state index contributed by atoms with van der Waals surface area (Å²) < 4.78 is 0. The molecule has 0 bridgehead atoms. The largest absolute Gasteiger partial charge is 0.508 e. The molecule has 0 spiro atoms. The molecule has 2 atom stereocenters. The number of phenols is 1. The van der Waals surface area contributed by atoms with Crippen molar-refractivity contribution in [3.63, 3.8) is 0 Å². The van der Waals surface area contributed by atoms with Crippen LogP contribution in [0.4, 0.5) is 0 Å². The first-order chi connectivity index (χ1) is 17.4. The van der Waals surface area contributed by atoms with Gasteiger partial charge in [0.15, 0.2) is 5.11 Å². The van der Waals surface area contributed by atoms with Gasteiger partial charge >= 0.3 is 0 Å². The first kappa shape index (κ1) is 24.1. The Balaban J connectivity index is 1.32. The van der Waals surface area contributed by atoms with Gasteiger partial charge in [-0.05, 0) is 60.5 Å². The highest BCUT2D eigenvalue weighted by Crippen LogP contribution is 2.34. The molecule has 0 saturated carbocycles. The predicted octanol–water partition coefficient (Wildman–Crippen LogP) is 4.19. The minimum atomic E-state index is -0.869. The second-order valence-electron chi connectivity index (χ2n) is 8.84. The Labute approximate surface area is 219 Å². The summed E-state index contributed by atoms with van der Waals surface area (Å²) in [7, 11) is 1.76. The molecular weight excluding hydrogens is 494 g/mol. The highest BCUT2D eigenvalue weighted by atomic mass is 35.5. The fourth-order valence-corrected chi connectivity index (χ4v) is 5.11. The predicted molar refractivity (Wildman–Crippen MR) is 147 cm³/mol. The minimum absolute atomic E-state index is 0.131. The minimum Gasteiger partial charge on any atom is -0.508 e. The third-order valence-corrected chi connectivity index (χ3v) is 7.05. The van der Waals surface area contributed by atoms with Crippen molar-refractivity contribution in [3.05, 3.63) is 88.7 Å². The van der Waals surface area contributed by atoms with Gasteiger partial charge in [0.05, 0.1) is 5.71 Å². The molecule has 2 aromatic carbocycles. The number of aliphatic imine (C=N–C) groups is 1. The SMILES string of the molecule is CN1C(=O)C(NC(=S)NCCc2c[nH]c3cc(O)ccc23)N=C(c2ccccc2)C2CC(Cl)=CC=C21. The molecule has 3 aromatic rings. The van der Waals surface area contributed by atoms with Crippen molar-refractivity contribution < 1.29 is 9.90 Å². The quantitative estimate of drug-likeness (QED) is 0.379. The fourth-order valence-electron chi connectivity index (χ4n) is 4.68. The summed E-state index contributed by atoms with van der Waals surface area (Å²) in [6.45, 7) is 0.568. The van der Waals surface area contributed by atoms with Gasteiger partial charge in [-0.15, -0.1) is 0 Å². The van der Waals surface area contributed by atoms with Gasteiger partial charge in [0.25, 0.3) is 5.91 Å². The van der Waals surface area contributed by atoms with Gasteiger partial charge in [-0.3, -0.25) is 9.79 Å². The molecule has 7 nitrogen and oxygen atoms in total. The van der Waals surface area contributed by atoms with Crippen LogP contribution in [0, 0.1) is 5.92 Å². The summed E-state index contributed by atoms with van der Waals surface area (Å²) >= 11 is 11.9. The molecule has 2 heterocycles. The maximum Gasteiger partial charge on any atom is 0.271 e. The van der Waals surface area contributed by atoms with Gasteiger partial charge in [-0.1, -0.05) is 41.9 Å². The van der Waals surface area contributed by atoms with Gasteiger partial charge in [0, 0.05) is 53.4 Å². The number of carbonyl (C=O) groups is 1. The highest BCUT2D eigenvalue weighted by Gasteiger charge is 2.36. The van der Waals surface area contributed by atoms with E-state index in [-0.39, 0.29) is 17.6 Å². The maximum absolute atomic E-state index is 13.4. The Morgan fingerprint density at radius 3 is 2.86 bits per heavy atom. The van der Waals surface area contributed by atoms with Gasteiger partial charge in [-0.2, -0.15) is 0 Å². The first-order valence-electron chi connectivity index (χ1n) is 11.7. The number of H-pyrrole nitrogens is 1. The average molecular weight is 520 g/mol. The van der Waals surface area contributed by atoms with Crippen LogP contribution >= 0.6 is 23.8 Å². The second kappa shape index (κ2) is 10.2. The summed E-state index contributed by atoms with van der Waals surface area (Å²) in [6, 6.07) is 15.1. The van der Waals surface area contributed by atoms with Gasteiger partial charge in [0.1, 0.15) is 5.75 Å². The van der Waals surface area contributed by atoms with E-state index in [2.05, 4.69) is 15.6 Å². The molecule has 4 N–H and O–H groups in total. The van der Waals surface area contributed by atoms with Crippen LogP contribution in [0.3, 0.4) is 0 Å². The average Bonchev–Trinajstić information content (AvgIpc) is 3.24. The molecule has 0 saturated heterocycles. The van der Waals surface area contributed by atoms with E-state index < -0.39 is 6.17 Å². The van der Waals surface area contributed by atoms with Crippen LogP contribution in [0.5, 0.6) is 5.75 Å². The van der Waals surface area contributed by atoms with E-state index in [4.69, 9.17) is 28.8 Å². The molecular formula is C27H26ClN5O2S. The van der Waals surface area contributed by atoms with Crippen LogP contribution in [0.25, 0.3) is 10.9 Å². The number of hydrogen-bond acceptors (Lipinski definition) is 4. The Morgan fingerprint density at radius 1 is 1.25 bits per heavy atom. The van der Waals surface area contributed by atoms with Crippen molar-refractivity contribution in [1.82, 2.24) is 20.5 Å². The maximum atomic E-state index is 13.4. The number of thiocarbonyl (C=S) groups is 1. The van der Waals surface area contributed by atoms with Crippen molar-refractivity contribution in [2.24, 2.45) is 10.9 Å². The number of aromatic amines is 1. The van der Waals surface area contributed by atoms with Crippen LogP contribution in [0.2, 0.25) is 0 Å². The summed E-state index contributed by atoms with van der Waals surface area (Å²) in [5.41, 5.74) is 4.59. The van der Waals surface area contributed by atoms with E-state index in [1.165, 1.54) is 0 Å². The molecule has 0 radical (unpaired) electrons. The number of hydrogen-bond donors (Lipinski definition) is 4. The Kier molecular flexibility index (Phi) is 6.80. The van der Waals surface area contributed by atoms with Crippen LogP contribution in [0.1, 0.15) is 17.5 Å². The van der Waals surface area contributed by atoms with E-state index in [0.717, 1.165) is 38.5 Å². The number of allylic oxidation sites excluding steroid dienone is 4. The van der Waals surface area contributed by atoms with Crippen molar-refractivity contribution in [2.75, 3.05) is 13.6 Å². The Hall–Kier alpha value is -3.62. The number of likely N-dealkylation sites (N-methyl/N-ethyl adjacent to an activating group) is 1. The zero-order valence-electron chi connectivity index (χ0n) is 19.7. The lowest BCUT2D eigenvalue weighted by molar-refractivity contribution is -0.129. The molecule has 2 unspecified atom stereocenters. The number of aromatic hydroxyl groups is 1. The van der Waals surface area contributed by atoms with Crippen LogP contribution in [0.15, 0.2) is 82.6 Å². The number of aromatic nitrogens is 1. The summed E-state index contributed by atoms with van der Waals surface area (Å²) in [6.07, 6.45) is 6.08. The van der Waals surface area contributed by atoms with Gasteiger partial charge in [0.2, 0.25) is 6.17 Å². The van der Waals surface area contributed by atoms with Gasteiger partial charge in [-0.25, -0.2) is 0 Å². The number of nitrogens with zero attached hydrogens (tertiary/aromatic N) is 2. The van der Waals surface area contributed by atoms with E-state index in [0.29, 0.717) is 24.5 Å². The van der Waals surface area contributed by atoms with E-state index >= 15 is 0 Å². The van der Waals surface area contributed by atoms with E-state index in [9.17, 15) is 9.90 Å². The lowest BCUT2D eigenvalue weighted by Crippen LogP contribution is -2.49. The molecule has 1 aromatic heterocycles. The van der Waals surface area contributed by atoms with Crippen LogP contribution in [-0.4, -0.2) is 51.5 Å². The zero-order valence-corrected chi connectivity index (χ0v) is 21.2. The standard InChI is InChI=1S/C27H26ClN5O2S/c1-33-23-10-7-18(28)13-21(23)24(16-5-3-2-4-6-16)31-25(26(33)35)32-27(36)29-12-11-17-15-30-22-14-19(34)8-9-20(17)22/h2-10,14-15,21,25,30,34H,11-13H2,1H3,(H2,29,32,36). The Bertz CT molecular complexity index is 1410. The molecule has 0 fully saturated rings. The fraction of sp³-hybridized carbons (Fsp3) is 0.222. The molecule has 1 aliphatic carbocycles. The monoisotopic (exact) mass is 519 g/mol. The summed E-state index contributed by atoms with van der Waals surface area (Å²) in [4.78, 5) is 23.1. The molecule has 36 heavy (non-hydrogen) atoms. The second-order valence-corrected chi connectivity index (χ2v) is 9.73. The number of nitrogens with one attached hydrogen (secondary N) is 3. The first-order valence-corrected chi connectivity index (χ1v) is 12.5. The topological polar surface area (TPSA) is 92.8 Å². The van der Waals surface area contributed by atoms with Crippen LogP contribution < -0.4 is 10.6 Å². The molecule has 9 heteroatoms. The lowest BCUT2D eigenvalue weighted by atomic mass is 9.87. The molecule has 5 rings (SSSR count). The van der Waals surface area contributed by atoms with Crippen molar-refractivity contribution >= 4 is 51.5 Å². The number of fused-ring (bicyclic) bond motifs is 2. The summed E-state index contributed by atoms with van der Waals surface area (Å²) in [5.74, 6) is -0.0980. The normalized spacial score (nSPS) is 19.7. The third kappa shape index (κ3) is 4.87. The lowest BCUT2D eigenvalue weighted by Gasteiger charge is -2.28. The highest BCUT2D eigenvalue weighted by molar-refractivity contribution is 7.80. The van der Waals surface area contributed by atoms with Gasteiger partial charge < -0.3 is 25.6 Å². The number of halogens is 1. The molecule has 1 amide bonds. The summed E-state index contributed by atoms with van der Waals surface area (Å²) in [5, 5.41) is 18.1. The van der Waals surface area contributed by atoms with Crippen molar-refractivity contribution in [3.8, 4) is 5.75 Å². The van der Waals surface area contributed by atoms with Crippen molar-refractivity contribution in [2.45, 2.75) is 19.0 Å². The molecule has 184 valence electrons. The number of phenolic OH excluding ortho intramolecular Hbond substituents is 1. The smallest absolute Gasteiger partial charge is 0.271 e. The number of carbonyl (C=O) groups excluding carboxylic acids is 1. The zero-order chi connectivity index (χ0) is 25.2. The van der Waals surface area contributed by atoms with E-state index in [1.54, 1.807) is 24.1 Å². The number of amides is 1.